The highest BCUT2D eigenvalue weighted by Gasteiger charge is 2.33. The number of nitrogens with zero attached hydrogens (tertiary/aromatic N) is 1. The van der Waals surface area contributed by atoms with Gasteiger partial charge in [0.1, 0.15) is 19.1 Å². The van der Waals surface area contributed by atoms with E-state index in [1.807, 2.05) is 11.9 Å². The summed E-state index contributed by atoms with van der Waals surface area (Å²) in [5.74, 6) is 5.73. The molecule has 0 amide bonds. The average molecular weight is 597 g/mol. The molecule has 5 rings (SSSR count). The molecule has 3 heterocycles. The predicted molar refractivity (Wildman–Crippen MR) is 156 cm³/mol. The first-order chi connectivity index (χ1) is 20.2. The van der Waals surface area contributed by atoms with Gasteiger partial charge in [-0.3, -0.25) is 0 Å². The van der Waals surface area contributed by atoms with E-state index in [1.54, 1.807) is 30.3 Å². The predicted octanol–water partition coefficient (Wildman–Crippen LogP) is 6.32. The van der Waals surface area contributed by atoms with Gasteiger partial charge in [0.15, 0.2) is 0 Å². The van der Waals surface area contributed by atoms with Crippen LogP contribution in [0.15, 0.2) is 36.4 Å². The molecule has 2 aliphatic rings. The largest absolute Gasteiger partial charge is 0.495 e. The van der Waals surface area contributed by atoms with Gasteiger partial charge >= 0.3 is 6.18 Å². The Balaban J connectivity index is 1.40. The number of alkyl halides is 4. The lowest BCUT2D eigenvalue weighted by molar-refractivity contribution is -0.126. The van der Waals surface area contributed by atoms with E-state index in [-0.39, 0.29) is 29.3 Å². The van der Waals surface area contributed by atoms with Gasteiger partial charge in [-0.1, -0.05) is 24.0 Å². The van der Waals surface area contributed by atoms with Crippen LogP contribution in [-0.2, 0) is 11.0 Å². The Bertz CT molecular complexity index is 1590. The molecule has 3 aromatic rings. The fourth-order valence-corrected chi connectivity index (χ4v) is 8.42. The number of methoxy groups -OCH3 is 1. The maximum Gasteiger partial charge on any atom is 0.393 e. The third-order valence-electron chi connectivity index (χ3n) is 7.43. The van der Waals surface area contributed by atoms with Gasteiger partial charge in [-0.15, -0.1) is 11.3 Å². The van der Waals surface area contributed by atoms with Crippen LogP contribution in [0.2, 0.25) is 0 Å². The van der Waals surface area contributed by atoms with Gasteiger partial charge in [-0.05, 0) is 55.1 Å². The normalized spacial score (nSPS) is 22.3. The third-order valence-corrected chi connectivity index (χ3v) is 11.9. The summed E-state index contributed by atoms with van der Waals surface area (Å²) in [6.45, 7) is 0.975. The molecule has 2 aliphatic heterocycles. The van der Waals surface area contributed by atoms with Gasteiger partial charge < -0.3 is 24.8 Å². The van der Waals surface area contributed by atoms with Crippen LogP contribution in [0.3, 0.4) is 0 Å². The molecular weight excluding hydrogens is 561 g/mol. The first-order valence-electron chi connectivity index (χ1n) is 14.6. The van der Waals surface area contributed by atoms with Gasteiger partial charge in [0.25, 0.3) is 0 Å². The highest BCUT2D eigenvalue weighted by molar-refractivity contribution is 7.73. The number of hydrogen-bond donors (Lipinski definition) is 2. The van der Waals surface area contributed by atoms with E-state index in [2.05, 4.69) is 22.5 Å². The molecule has 1 aromatic heterocycles. The molecule has 0 spiro atoms. The topological polar surface area (TPSA) is 53.6 Å². The minimum absolute atomic E-state index is 0.0110. The van der Waals surface area contributed by atoms with E-state index in [4.69, 9.17) is 8.85 Å². The minimum Gasteiger partial charge on any atom is -0.495 e. The zero-order chi connectivity index (χ0) is 31.0. The summed E-state index contributed by atoms with van der Waals surface area (Å²) in [6.07, 6.45) is -4.19. The molecule has 2 N–H and O–H groups in total. The van der Waals surface area contributed by atoms with Crippen LogP contribution in [0.1, 0.15) is 27.4 Å². The summed E-state index contributed by atoms with van der Waals surface area (Å²) >= 11 is 1.13. The number of nitrogens with one attached hydrogen (secondary N) is 2. The molecule has 0 saturated carbocycles. The summed E-state index contributed by atoms with van der Waals surface area (Å²) in [5, 5.41) is 7.18. The number of anilines is 2. The maximum absolute atomic E-state index is 14.7. The zero-order valence-corrected chi connectivity index (χ0v) is 23.6. The van der Waals surface area contributed by atoms with Crippen LogP contribution in [0, 0.1) is 11.8 Å². The Labute approximate surface area is 239 Å². The van der Waals surface area contributed by atoms with Crippen molar-refractivity contribution in [1.82, 2.24) is 4.90 Å². The minimum atomic E-state index is -4.46. The molecule has 0 unspecified atom stereocenters. The monoisotopic (exact) mass is 596 g/mol. The van der Waals surface area contributed by atoms with Gasteiger partial charge in [-0.25, -0.2) is 4.39 Å². The van der Waals surface area contributed by atoms with E-state index < -0.39 is 39.0 Å². The number of halogens is 4. The van der Waals surface area contributed by atoms with E-state index in [0.717, 1.165) is 17.8 Å². The maximum atomic E-state index is 14.7. The quantitative estimate of drug-likeness (QED) is 0.190. The molecule has 214 valence electrons. The molecule has 2 fully saturated rings. The van der Waals surface area contributed by atoms with Crippen LogP contribution >= 0.6 is 18.5 Å². The van der Waals surface area contributed by atoms with E-state index >= 15 is 0 Å². The lowest BCUT2D eigenvalue weighted by Gasteiger charge is -2.33. The number of rotatable bonds is 7. The summed E-state index contributed by atoms with van der Waals surface area (Å²) in [5.41, 5.74) is 0.953. The Morgan fingerprint density at radius 1 is 1.25 bits per heavy atom. The SMILES string of the molecule is [2H]C([2H])([2H])Oc1cc(P2(=O)CCC2)ccc1NCC#Cc1sc2c(N[C@@H]3CCN(C)C[C@@H]3F)cccc2c1CC(F)(F)F. The zero-order valence-electron chi connectivity index (χ0n) is 24.9. The summed E-state index contributed by atoms with van der Waals surface area (Å²) in [6, 6.07) is 9.32. The molecule has 2 atom stereocenters. The molecule has 11 heteroatoms. The van der Waals surface area contributed by atoms with Gasteiger partial charge in [-0.2, -0.15) is 13.2 Å². The average Bonchev–Trinajstić information content (AvgIpc) is 3.23. The van der Waals surface area contributed by atoms with E-state index in [0.29, 0.717) is 52.1 Å². The van der Waals surface area contributed by atoms with E-state index in [1.165, 1.54) is 6.07 Å². The van der Waals surface area contributed by atoms with Crippen LogP contribution in [0.5, 0.6) is 5.75 Å². The van der Waals surface area contributed by atoms with Crippen molar-refractivity contribution in [3.8, 4) is 17.6 Å². The van der Waals surface area contributed by atoms with Crippen molar-refractivity contribution >= 4 is 45.2 Å². The van der Waals surface area contributed by atoms with Crippen molar-refractivity contribution < 1.29 is 31.0 Å². The molecule has 2 aromatic carbocycles. The first kappa shape index (κ1) is 25.0. The second-order valence-corrected chi connectivity index (χ2v) is 14.5. The van der Waals surface area contributed by atoms with Gasteiger partial charge in [0, 0.05) is 30.7 Å². The van der Waals surface area contributed by atoms with Crippen LogP contribution in [0.25, 0.3) is 10.1 Å². The van der Waals surface area contributed by atoms with Crippen molar-refractivity contribution in [2.24, 2.45) is 0 Å². The lowest BCUT2D eigenvalue weighted by Crippen LogP contribution is -2.46. The number of hydrogen-bond acceptors (Lipinski definition) is 6. The summed E-state index contributed by atoms with van der Waals surface area (Å²) in [4.78, 5) is 2.15. The van der Waals surface area contributed by atoms with Crippen molar-refractivity contribution in [3.05, 3.63) is 46.8 Å². The van der Waals surface area contributed by atoms with Crippen molar-refractivity contribution in [2.45, 2.75) is 37.7 Å². The summed E-state index contributed by atoms with van der Waals surface area (Å²) in [7, 11) is -3.42. The van der Waals surface area contributed by atoms with Gasteiger partial charge in [0.05, 0.1) is 51.1 Å². The summed E-state index contributed by atoms with van der Waals surface area (Å²) < 4.78 is 96.8. The second kappa shape index (κ2) is 11.6. The van der Waals surface area contributed by atoms with Crippen molar-refractivity contribution in [3.63, 3.8) is 0 Å². The smallest absolute Gasteiger partial charge is 0.393 e. The number of piperidine rings is 1. The molecule has 2 saturated heterocycles. The Kier molecular flexibility index (Phi) is 7.28. The molecule has 0 bridgehead atoms. The van der Waals surface area contributed by atoms with E-state index in [9.17, 15) is 22.1 Å². The van der Waals surface area contributed by atoms with Crippen molar-refractivity contribution in [2.75, 3.05) is 56.7 Å². The Hall–Kier alpha value is -2.73. The number of ether oxygens (including phenoxy) is 1. The highest BCUT2D eigenvalue weighted by Crippen LogP contribution is 2.54. The second-order valence-electron chi connectivity index (χ2n) is 10.3. The van der Waals surface area contributed by atoms with Gasteiger partial charge in [0.2, 0.25) is 0 Å². The fraction of sp³-hybridized carbons (Fsp3) is 0.448. The third kappa shape index (κ3) is 6.27. The lowest BCUT2D eigenvalue weighted by atomic mass is 10.0. The molecule has 5 nitrogen and oxygen atoms in total. The Morgan fingerprint density at radius 2 is 2.08 bits per heavy atom. The molecule has 0 aliphatic carbocycles. The molecule has 40 heavy (non-hydrogen) atoms. The Morgan fingerprint density at radius 3 is 2.77 bits per heavy atom. The number of benzene rings is 2. The number of fused-ring (bicyclic) bond motifs is 1. The van der Waals surface area contributed by atoms with Crippen molar-refractivity contribution in [1.29, 1.82) is 0 Å². The standard InChI is InChI=1S/C29H32F4N3O2PS/c1-36-13-11-23(22(30)18-36)35-25-7-3-6-20-21(17-29(31,32)33)27(40-28(20)25)8-4-12-34-24-10-9-19(16-26(24)38-2)39(37)14-5-15-39/h3,6-7,9-10,16,22-23,34-35H,5,11-15,17-18H2,1-2H3/t22-,23+/m0/s1/i2D3. The number of thiophene rings is 1. The molecular formula is C29H32F4N3O2PS. The highest BCUT2D eigenvalue weighted by atomic mass is 32.1. The van der Waals surface area contributed by atoms with Crippen LogP contribution in [-0.4, -0.2) is 69.3 Å². The first-order valence-corrected chi connectivity index (χ1v) is 15.9. The van der Waals surface area contributed by atoms with Crippen LogP contribution in [0.4, 0.5) is 28.9 Å². The molecule has 0 radical (unpaired) electrons. The number of likely N-dealkylation sites (tertiary alicyclic amines) is 1. The fourth-order valence-electron chi connectivity index (χ4n) is 5.14. The van der Waals surface area contributed by atoms with Crippen LogP contribution < -0.4 is 20.7 Å².